The van der Waals surface area contributed by atoms with Gasteiger partial charge in [-0.3, -0.25) is 4.79 Å². The molecular formula is C17H27NO2. The Morgan fingerprint density at radius 1 is 1.10 bits per heavy atom. The number of para-hydroxylation sites is 1. The Balaban J connectivity index is 2.30. The van der Waals surface area contributed by atoms with Gasteiger partial charge in [-0.1, -0.05) is 50.8 Å². The summed E-state index contributed by atoms with van der Waals surface area (Å²) in [5.74, 6) is 0.660. The molecule has 20 heavy (non-hydrogen) atoms. The van der Waals surface area contributed by atoms with Crippen LogP contribution >= 0.6 is 0 Å². The van der Waals surface area contributed by atoms with Gasteiger partial charge in [0.25, 0.3) is 5.91 Å². The van der Waals surface area contributed by atoms with Gasteiger partial charge in [-0.05, 0) is 32.4 Å². The molecule has 0 fully saturated rings. The third-order valence-corrected chi connectivity index (χ3v) is 3.23. The maximum absolute atomic E-state index is 12.1. The first-order valence-electron chi connectivity index (χ1n) is 7.58. The fourth-order valence-electron chi connectivity index (χ4n) is 1.97. The molecule has 3 heteroatoms. The van der Waals surface area contributed by atoms with Gasteiger partial charge in [-0.15, -0.1) is 0 Å². The lowest BCUT2D eigenvalue weighted by atomic mass is 10.1. The van der Waals surface area contributed by atoms with Gasteiger partial charge >= 0.3 is 0 Å². The van der Waals surface area contributed by atoms with E-state index in [0.717, 1.165) is 18.7 Å². The molecule has 0 saturated heterocycles. The van der Waals surface area contributed by atoms with Gasteiger partial charge in [0.1, 0.15) is 5.75 Å². The van der Waals surface area contributed by atoms with Crippen molar-refractivity contribution in [3.63, 3.8) is 0 Å². The summed E-state index contributed by atoms with van der Waals surface area (Å²) in [5, 5.41) is 2.96. The Kier molecular flexibility index (Phi) is 7.13. The summed E-state index contributed by atoms with van der Waals surface area (Å²) < 4.78 is 5.75. The van der Waals surface area contributed by atoms with Crippen molar-refractivity contribution in [3.8, 4) is 5.75 Å². The Hall–Kier alpha value is -1.51. The highest BCUT2D eigenvalue weighted by Crippen LogP contribution is 2.17. The third kappa shape index (κ3) is 6.09. The van der Waals surface area contributed by atoms with Gasteiger partial charge < -0.3 is 10.1 Å². The fraction of sp³-hybridized carbons (Fsp3) is 0.588. The van der Waals surface area contributed by atoms with Crippen LogP contribution in [0.3, 0.4) is 0 Å². The smallest absolute Gasteiger partial charge is 0.263 e. The molecule has 0 spiro atoms. The first kappa shape index (κ1) is 16.5. The molecule has 3 nitrogen and oxygen atoms in total. The van der Waals surface area contributed by atoms with Crippen LogP contribution in [0.25, 0.3) is 0 Å². The van der Waals surface area contributed by atoms with Crippen molar-refractivity contribution in [2.45, 2.75) is 58.5 Å². The van der Waals surface area contributed by atoms with Crippen molar-refractivity contribution < 1.29 is 9.53 Å². The Morgan fingerprint density at radius 3 is 2.40 bits per heavy atom. The number of hydrogen-bond acceptors (Lipinski definition) is 2. The summed E-state index contributed by atoms with van der Waals surface area (Å²) >= 11 is 0. The van der Waals surface area contributed by atoms with Crippen LogP contribution in [-0.4, -0.2) is 18.1 Å². The molecule has 0 saturated carbocycles. The maximum Gasteiger partial charge on any atom is 0.263 e. The first-order valence-corrected chi connectivity index (χ1v) is 7.58. The number of nitrogens with one attached hydrogen (secondary N) is 1. The van der Waals surface area contributed by atoms with E-state index in [1.807, 2.05) is 30.3 Å². The molecule has 0 aliphatic rings. The highest BCUT2D eigenvalue weighted by molar-refractivity contribution is 5.84. The first-order chi connectivity index (χ1) is 9.56. The molecule has 0 radical (unpaired) electrons. The van der Waals surface area contributed by atoms with Gasteiger partial charge in [0, 0.05) is 6.54 Å². The molecule has 1 amide bonds. The SMILES string of the molecule is CCCCCCCNC(=O)C(C)(C)Oc1ccccc1. The second kappa shape index (κ2) is 8.62. The number of benzene rings is 1. The van der Waals surface area contributed by atoms with E-state index in [9.17, 15) is 4.79 Å². The van der Waals surface area contributed by atoms with Gasteiger partial charge in [-0.25, -0.2) is 0 Å². The summed E-state index contributed by atoms with van der Waals surface area (Å²) in [7, 11) is 0. The van der Waals surface area contributed by atoms with Crippen LogP contribution in [0.1, 0.15) is 52.9 Å². The van der Waals surface area contributed by atoms with Crippen molar-refractivity contribution in [1.82, 2.24) is 5.32 Å². The van der Waals surface area contributed by atoms with Crippen LogP contribution in [0, 0.1) is 0 Å². The van der Waals surface area contributed by atoms with Crippen molar-refractivity contribution in [2.75, 3.05) is 6.54 Å². The summed E-state index contributed by atoms with van der Waals surface area (Å²) in [6.07, 6.45) is 5.97. The third-order valence-electron chi connectivity index (χ3n) is 3.23. The van der Waals surface area contributed by atoms with Gasteiger partial charge in [-0.2, -0.15) is 0 Å². The second-order valence-electron chi connectivity index (χ2n) is 5.60. The average Bonchev–Trinajstić information content (AvgIpc) is 2.43. The lowest BCUT2D eigenvalue weighted by Gasteiger charge is -2.25. The highest BCUT2D eigenvalue weighted by atomic mass is 16.5. The molecule has 1 N–H and O–H groups in total. The normalized spacial score (nSPS) is 11.2. The number of unbranched alkanes of at least 4 members (excludes halogenated alkanes) is 4. The van der Waals surface area contributed by atoms with Crippen molar-refractivity contribution in [3.05, 3.63) is 30.3 Å². The van der Waals surface area contributed by atoms with Crippen LogP contribution in [0.15, 0.2) is 30.3 Å². The van der Waals surface area contributed by atoms with E-state index in [0.29, 0.717) is 0 Å². The Bertz CT molecular complexity index is 387. The molecule has 0 aromatic heterocycles. The minimum absolute atomic E-state index is 0.0585. The molecular weight excluding hydrogens is 250 g/mol. The van der Waals surface area contributed by atoms with Crippen LogP contribution in [0.2, 0.25) is 0 Å². The lowest BCUT2D eigenvalue weighted by molar-refractivity contribution is -0.134. The van der Waals surface area contributed by atoms with E-state index in [-0.39, 0.29) is 5.91 Å². The number of carbonyl (C=O) groups is 1. The highest BCUT2D eigenvalue weighted by Gasteiger charge is 2.29. The molecule has 0 heterocycles. The molecule has 1 rings (SSSR count). The van der Waals surface area contributed by atoms with E-state index >= 15 is 0 Å². The van der Waals surface area contributed by atoms with Gasteiger partial charge in [0.2, 0.25) is 0 Å². The number of ether oxygens (including phenoxy) is 1. The van der Waals surface area contributed by atoms with Crippen molar-refractivity contribution in [2.24, 2.45) is 0 Å². The summed E-state index contributed by atoms with van der Waals surface area (Å²) in [6.45, 7) is 6.52. The minimum atomic E-state index is -0.842. The average molecular weight is 277 g/mol. The second-order valence-corrected chi connectivity index (χ2v) is 5.60. The van der Waals surface area contributed by atoms with Crippen LogP contribution in [0.4, 0.5) is 0 Å². The van der Waals surface area contributed by atoms with Gasteiger partial charge in [0.05, 0.1) is 0 Å². The number of rotatable bonds is 9. The van der Waals surface area contributed by atoms with Crippen LogP contribution in [-0.2, 0) is 4.79 Å². The zero-order valence-electron chi connectivity index (χ0n) is 12.9. The summed E-state index contributed by atoms with van der Waals surface area (Å²) in [4.78, 5) is 12.1. The number of amides is 1. The van der Waals surface area contributed by atoms with E-state index in [1.54, 1.807) is 13.8 Å². The van der Waals surface area contributed by atoms with Crippen molar-refractivity contribution in [1.29, 1.82) is 0 Å². The molecule has 1 aromatic rings. The molecule has 0 aliphatic heterocycles. The standard InChI is InChI=1S/C17H27NO2/c1-4-5-6-7-11-14-18-16(19)17(2,3)20-15-12-9-8-10-13-15/h8-10,12-13H,4-7,11,14H2,1-3H3,(H,18,19). The van der Waals surface area contributed by atoms with E-state index in [2.05, 4.69) is 12.2 Å². The predicted molar refractivity (Wildman–Crippen MR) is 82.9 cm³/mol. The largest absolute Gasteiger partial charge is 0.478 e. The molecule has 0 atom stereocenters. The Labute approximate surface area is 122 Å². The summed E-state index contributed by atoms with van der Waals surface area (Å²) in [6, 6.07) is 9.45. The van der Waals surface area contributed by atoms with Crippen LogP contribution in [0.5, 0.6) is 5.75 Å². The molecule has 1 aromatic carbocycles. The summed E-state index contributed by atoms with van der Waals surface area (Å²) in [5.41, 5.74) is -0.842. The van der Waals surface area contributed by atoms with Gasteiger partial charge in [0.15, 0.2) is 5.60 Å². The quantitative estimate of drug-likeness (QED) is 0.694. The van der Waals surface area contributed by atoms with E-state index in [1.165, 1.54) is 25.7 Å². The lowest BCUT2D eigenvalue weighted by Crippen LogP contribution is -2.46. The topological polar surface area (TPSA) is 38.3 Å². The van der Waals surface area contributed by atoms with E-state index < -0.39 is 5.60 Å². The number of hydrogen-bond donors (Lipinski definition) is 1. The van der Waals surface area contributed by atoms with E-state index in [4.69, 9.17) is 4.74 Å². The van der Waals surface area contributed by atoms with Crippen LogP contribution < -0.4 is 10.1 Å². The fourth-order valence-corrected chi connectivity index (χ4v) is 1.97. The predicted octanol–water partition coefficient (Wildman–Crippen LogP) is 3.93. The minimum Gasteiger partial charge on any atom is -0.478 e. The zero-order chi connectivity index (χ0) is 14.8. The Morgan fingerprint density at radius 2 is 1.75 bits per heavy atom. The molecule has 0 unspecified atom stereocenters. The molecule has 0 aliphatic carbocycles. The van der Waals surface area contributed by atoms with Crippen molar-refractivity contribution >= 4 is 5.91 Å². The monoisotopic (exact) mass is 277 g/mol. The molecule has 112 valence electrons. The number of carbonyl (C=O) groups excluding carboxylic acids is 1. The zero-order valence-corrected chi connectivity index (χ0v) is 12.9. The molecule has 0 bridgehead atoms. The maximum atomic E-state index is 12.1.